The Labute approximate surface area is 117 Å². The van der Waals surface area contributed by atoms with Gasteiger partial charge in [0.15, 0.2) is 0 Å². The van der Waals surface area contributed by atoms with Crippen LogP contribution in [0.5, 0.6) is 0 Å². The van der Waals surface area contributed by atoms with Gasteiger partial charge < -0.3 is 11.1 Å². The molecular weight excluding hydrogens is 271 g/mol. The van der Waals surface area contributed by atoms with Crippen LogP contribution in [0.25, 0.3) is 0 Å². The summed E-state index contributed by atoms with van der Waals surface area (Å²) in [5, 5.41) is 3.49. The molecule has 1 aliphatic rings. The molecule has 1 aliphatic carbocycles. The Morgan fingerprint density at radius 1 is 1.50 bits per heavy atom. The number of nitrogens with two attached hydrogens (primary N) is 1. The van der Waals surface area contributed by atoms with Crippen molar-refractivity contribution in [3.8, 4) is 0 Å². The first-order chi connectivity index (χ1) is 8.49. The molecule has 1 aromatic carbocycles. The molecule has 1 atom stereocenters. The number of nitrogens with one attached hydrogen (secondary N) is 1. The lowest BCUT2D eigenvalue weighted by Gasteiger charge is -2.12. The summed E-state index contributed by atoms with van der Waals surface area (Å²) in [7, 11) is 0. The van der Waals surface area contributed by atoms with Crippen molar-refractivity contribution in [2.24, 2.45) is 11.8 Å². The number of hydrogen-bond donors (Lipinski definition) is 2. The average molecular weight is 287 g/mol. The van der Waals surface area contributed by atoms with Gasteiger partial charge in [0, 0.05) is 12.1 Å². The molecule has 1 unspecified atom stereocenters. The predicted octanol–water partition coefficient (Wildman–Crippen LogP) is 3.35. The number of benzene rings is 1. The van der Waals surface area contributed by atoms with E-state index in [4.69, 9.17) is 28.9 Å². The number of halogens is 2. The maximum atomic E-state index is 11.9. The lowest BCUT2D eigenvalue weighted by atomic mass is 10.1. The van der Waals surface area contributed by atoms with Crippen molar-refractivity contribution in [3.05, 3.63) is 27.7 Å². The minimum atomic E-state index is -0.159. The van der Waals surface area contributed by atoms with Crippen LogP contribution >= 0.6 is 23.2 Å². The molecule has 1 saturated carbocycles. The fourth-order valence-corrected chi connectivity index (χ4v) is 2.26. The number of amides is 1. The van der Waals surface area contributed by atoms with E-state index in [0.29, 0.717) is 33.8 Å². The molecule has 98 valence electrons. The molecule has 0 spiro atoms. The van der Waals surface area contributed by atoms with Gasteiger partial charge in [-0.3, -0.25) is 4.79 Å². The van der Waals surface area contributed by atoms with Crippen molar-refractivity contribution >= 4 is 34.8 Å². The molecule has 3 nitrogen and oxygen atoms in total. The molecule has 1 amide bonds. The van der Waals surface area contributed by atoms with E-state index < -0.39 is 0 Å². The highest BCUT2D eigenvalue weighted by atomic mass is 35.5. The summed E-state index contributed by atoms with van der Waals surface area (Å²) in [6.07, 6.45) is 2.55. The normalized spacial score (nSPS) is 16.4. The largest absolute Gasteiger partial charge is 0.397 e. The molecule has 1 fully saturated rings. The lowest BCUT2D eigenvalue weighted by molar-refractivity contribution is 0.0946. The summed E-state index contributed by atoms with van der Waals surface area (Å²) in [6.45, 7) is 2.84. The lowest BCUT2D eigenvalue weighted by Crippen LogP contribution is -2.29. The zero-order valence-corrected chi connectivity index (χ0v) is 11.7. The molecule has 3 N–H and O–H groups in total. The molecule has 18 heavy (non-hydrogen) atoms. The molecule has 0 aliphatic heterocycles. The van der Waals surface area contributed by atoms with E-state index in [1.54, 1.807) is 6.07 Å². The van der Waals surface area contributed by atoms with Crippen molar-refractivity contribution in [2.75, 3.05) is 12.3 Å². The molecule has 0 bridgehead atoms. The minimum absolute atomic E-state index is 0.159. The van der Waals surface area contributed by atoms with Crippen LogP contribution in [0, 0.1) is 11.8 Å². The molecule has 1 aromatic rings. The highest BCUT2D eigenvalue weighted by Crippen LogP contribution is 2.36. The number of carbonyl (C=O) groups is 1. The van der Waals surface area contributed by atoms with E-state index in [-0.39, 0.29) is 5.91 Å². The number of nitrogen functional groups attached to an aromatic ring is 1. The van der Waals surface area contributed by atoms with Gasteiger partial charge >= 0.3 is 0 Å². The number of rotatable bonds is 4. The van der Waals surface area contributed by atoms with Gasteiger partial charge in [-0.2, -0.15) is 0 Å². The quantitative estimate of drug-likeness (QED) is 0.834. The van der Waals surface area contributed by atoms with Crippen LogP contribution in [0.15, 0.2) is 12.1 Å². The van der Waals surface area contributed by atoms with Crippen LogP contribution in [0.4, 0.5) is 5.69 Å². The summed E-state index contributed by atoms with van der Waals surface area (Å²) in [5.74, 6) is 1.13. The maximum Gasteiger partial charge on any atom is 0.251 e. The predicted molar refractivity (Wildman–Crippen MR) is 75.1 cm³/mol. The molecule has 5 heteroatoms. The molecule has 0 heterocycles. The third-order valence-corrected chi connectivity index (χ3v) is 4.15. The second-order valence-electron chi connectivity index (χ2n) is 4.89. The van der Waals surface area contributed by atoms with Gasteiger partial charge in [0.25, 0.3) is 5.91 Å². The fraction of sp³-hybridized carbons (Fsp3) is 0.462. The van der Waals surface area contributed by atoms with E-state index in [1.807, 2.05) is 0 Å². The van der Waals surface area contributed by atoms with E-state index >= 15 is 0 Å². The van der Waals surface area contributed by atoms with Crippen molar-refractivity contribution in [1.29, 1.82) is 0 Å². The Morgan fingerprint density at radius 3 is 2.72 bits per heavy atom. The third kappa shape index (κ3) is 3.09. The Kier molecular flexibility index (Phi) is 4.03. The first kappa shape index (κ1) is 13.5. The topological polar surface area (TPSA) is 55.1 Å². The minimum Gasteiger partial charge on any atom is -0.397 e. The summed E-state index contributed by atoms with van der Waals surface area (Å²) < 4.78 is 0. The third-order valence-electron chi connectivity index (χ3n) is 3.33. The Bertz CT molecular complexity index is 449. The average Bonchev–Trinajstić information content (AvgIpc) is 3.16. The summed E-state index contributed by atoms with van der Waals surface area (Å²) in [5.41, 5.74) is 6.45. The van der Waals surface area contributed by atoms with Crippen molar-refractivity contribution in [1.82, 2.24) is 5.32 Å². The van der Waals surface area contributed by atoms with Crippen LogP contribution in [0.3, 0.4) is 0 Å². The summed E-state index contributed by atoms with van der Waals surface area (Å²) in [4.78, 5) is 11.9. The van der Waals surface area contributed by atoms with Crippen molar-refractivity contribution in [3.63, 3.8) is 0 Å². The molecule has 0 saturated heterocycles. The second-order valence-corrected chi connectivity index (χ2v) is 5.67. The first-order valence-electron chi connectivity index (χ1n) is 6.01. The van der Waals surface area contributed by atoms with Crippen molar-refractivity contribution in [2.45, 2.75) is 19.8 Å². The van der Waals surface area contributed by atoms with E-state index in [9.17, 15) is 4.79 Å². The second kappa shape index (κ2) is 5.37. The van der Waals surface area contributed by atoms with Gasteiger partial charge in [-0.15, -0.1) is 0 Å². The summed E-state index contributed by atoms with van der Waals surface area (Å²) >= 11 is 11.7. The van der Waals surface area contributed by atoms with Gasteiger partial charge in [0.05, 0.1) is 15.7 Å². The molecule has 0 radical (unpaired) electrons. The Hall–Kier alpha value is -0.930. The number of carbonyl (C=O) groups excluding carboxylic acids is 1. The fourth-order valence-electron chi connectivity index (χ4n) is 1.93. The first-order valence-corrected chi connectivity index (χ1v) is 6.77. The van der Waals surface area contributed by atoms with Gasteiger partial charge in [0.1, 0.15) is 0 Å². The maximum absolute atomic E-state index is 11.9. The molecular formula is C13H16Cl2N2O. The standard InChI is InChI=1S/C13H16Cl2N2O/c1-7(8-2-3-8)6-17-13(18)9-4-10(14)12(15)11(16)5-9/h4-5,7-8H,2-3,6,16H2,1H3,(H,17,18). The molecule has 2 rings (SSSR count). The van der Waals surface area contributed by atoms with Gasteiger partial charge in [-0.25, -0.2) is 0 Å². The zero-order chi connectivity index (χ0) is 13.3. The smallest absolute Gasteiger partial charge is 0.251 e. The highest BCUT2D eigenvalue weighted by molar-refractivity contribution is 6.43. The van der Waals surface area contributed by atoms with E-state index in [1.165, 1.54) is 18.9 Å². The van der Waals surface area contributed by atoms with E-state index in [2.05, 4.69) is 12.2 Å². The van der Waals surface area contributed by atoms with Gasteiger partial charge in [-0.1, -0.05) is 30.1 Å². The van der Waals surface area contributed by atoms with Crippen LogP contribution in [-0.4, -0.2) is 12.5 Å². The highest BCUT2D eigenvalue weighted by Gasteiger charge is 2.27. The molecule has 0 aromatic heterocycles. The van der Waals surface area contributed by atoms with Crippen LogP contribution < -0.4 is 11.1 Å². The SMILES string of the molecule is CC(CNC(=O)c1cc(N)c(Cl)c(Cl)c1)C1CC1. The number of anilines is 1. The van der Waals surface area contributed by atoms with Crippen molar-refractivity contribution < 1.29 is 4.79 Å². The van der Waals surface area contributed by atoms with Gasteiger partial charge in [0.2, 0.25) is 0 Å². The van der Waals surface area contributed by atoms with Crippen LogP contribution in [-0.2, 0) is 0 Å². The zero-order valence-electron chi connectivity index (χ0n) is 10.2. The van der Waals surface area contributed by atoms with Gasteiger partial charge in [-0.05, 0) is 36.8 Å². The van der Waals surface area contributed by atoms with Crippen LogP contribution in [0.2, 0.25) is 10.0 Å². The van der Waals surface area contributed by atoms with E-state index in [0.717, 1.165) is 5.92 Å². The Balaban J connectivity index is 1.99. The summed E-state index contributed by atoms with van der Waals surface area (Å²) in [6, 6.07) is 3.09. The monoisotopic (exact) mass is 286 g/mol. The van der Waals surface area contributed by atoms with Crippen LogP contribution in [0.1, 0.15) is 30.1 Å². The number of hydrogen-bond acceptors (Lipinski definition) is 2. The Morgan fingerprint density at radius 2 is 2.17 bits per heavy atom.